The summed E-state index contributed by atoms with van der Waals surface area (Å²) in [4.78, 5) is 2.66. The minimum atomic E-state index is 0.477. The lowest BCUT2D eigenvalue weighted by atomic mass is 10.0. The van der Waals surface area contributed by atoms with Gasteiger partial charge >= 0.3 is 0 Å². The molecule has 3 heteroatoms. The van der Waals surface area contributed by atoms with Crippen LogP contribution in [0, 0.1) is 0 Å². The van der Waals surface area contributed by atoms with Crippen molar-refractivity contribution >= 4 is 0 Å². The van der Waals surface area contributed by atoms with Gasteiger partial charge in [-0.25, -0.2) is 0 Å². The normalized spacial score (nSPS) is 39.7. The van der Waals surface area contributed by atoms with E-state index in [9.17, 15) is 0 Å². The van der Waals surface area contributed by atoms with Crippen LogP contribution >= 0.6 is 0 Å². The molecule has 2 fully saturated rings. The molecule has 4 atom stereocenters. The molecule has 2 saturated heterocycles. The average Bonchev–Trinajstić information content (AvgIpc) is 2.68. The Morgan fingerprint density at radius 3 is 2.76 bits per heavy atom. The maximum absolute atomic E-state index is 5.96. The van der Waals surface area contributed by atoms with Gasteiger partial charge in [0.15, 0.2) is 0 Å². The molecular weight excluding hydrogens is 212 g/mol. The van der Waals surface area contributed by atoms with Crippen LogP contribution in [0.1, 0.15) is 46.5 Å². The first kappa shape index (κ1) is 13.3. The van der Waals surface area contributed by atoms with Crippen molar-refractivity contribution in [3.05, 3.63) is 0 Å². The standard InChI is InChI=1S/C14H28N2O/c1-4-5-13-8-15-11(2)9-16(13)10-14-7-6-12(3)17-14/h11-15H,4-10H2,1-3H3. The summed E-state index contributed by atoms with van der Waals surface area (Å²) in [7, 11) is 0. The summed E-state index contributed by atoms with van der Waals surface area (Å²) in [5.74, 6) is 0. The highest BCUT2D eigenvalue weighted by Crippen LogP contribution is 2.22. The zero-order chi connectivity index (χ0) is 12.3. The predicted molar refractivity (Wildman–Crippen MR) is 71.3 cm³/mol. The van der Waals surface area contributed by atoms with E-state index >= 15 is 0 Å². The smallest absolute Gasteiger partial charge is 0.0706 e. The van der Waals surface area contributed by atoms with E-state index in [-0.39, 0.29) is 0 Å². The molecule has 0 aromatic rings. The largest absolute Gasteiger partial charge is 0.374 e. The zero-order valence-corrected chi connectivity index (χ0v) is 11.6. The summed E-state index contributed by atoms with van der Waals surface area (Å²) in [6, 6.07) is 1.35. The Hall–Kier alpha value is -0.120. The van der Waals surface area contributed by atoms with Gasteiger partial charge < -0.3 is 10.1 Å². The minimum Gasteiger partial charge on any atom is -0.374 e. The van der Waals surface area contributed by atoms with Gasteiger partial charge in [0, 0.05) is 31.7 Å². The maximum Gasteiger partial charge on any atom is 0.0706 e. The van der Waals surface area contributed by atoms with E-state index < -0.39 is 0 Å². The van der Waals surface area contributed by atoms with Crippen molar-refractivity contribution in [3.63, 3.8) is 0 Å². The molecule has 3 nitrogen and oxygen atoms in total. The summed E-state index contributed by atoms with van der Waals surface area (Å²) in [5, 5.41) is 3.60. The first-order chi connectivity index (χ1) is 8.19. The Kier molecular flexibility index (Phi) is 4.83. The van der Waals surface area contributed by atoms with Crippen LogP contribution in [0.5, 0.6) is 0 Å². The zero-order valence-electron chi connectivity index (χ0n) is 11.6. The Balaban J connectivity index is 1.86. The number of piperazine rings is 1. The molecule has 17 heavy (non-hydrogen) atoms. The fourth-order valence-electron chi connectivity index (χ4n) is 3.15. The topological polar surface area (TPSA) is 24.5 Å². The molecule has 0 radical (unpaired) electrons. The Labute approximate surface area is 106 Å². The van der Waals surface area contributed by atoms with Gasteiger partial charge in [-0.15, -0.1) is 0 Å². The van der Waals surface area contributed by atoms with Crippen molar-refractivity contribution in [2.75, 3.05) is 19.6 Å². The van der Waals surface area contributed by atoms with Crippen LogP contribution in [0.2, 0.25) is 0 Å². The molecule has 0 aliphatic carbocycles. The molecular formula is C14H28N2O. The van der Waals surface area contributed by atoms with E-state index in [1.54, 1.807) is 0 Å². The van der Waals surface area contributed by atoms with Crippen LogP contribution < -0.4 is 5.32 Å². The number of nitrogens with one attached hydrogen (secondary N) is 1. The summed E-state index contributed by atoms with van der Waals surface area (Å²) < 4.78 is 5.96. The first-order valence-electron chi connectivity index (χ1n) is 7.32. The highest BCUT2D eigenvalue weighted by atomic mass is 16.5. The van der Waals surface area contributed by atoms with Gasteiger partial charge in [0.05, 0.1) is 12.2 Å². The van der Waals surface area contributed by atoms with Gasteiger partial charge in [-0.05, 0) is 33.1 Å². The highest BCUT2D eigenvalue weighted by Gasteiger charge is 2.30. The van der Waals surface area contributed by atoms with Crippen LogP contribution in [0.15, 0.2) is 0 Å². The molecule has 0 spiro atoms. The molecule has 1 N–H and O–H groups in total. The fraction of sp³-hybridized carbons (Fsp3) is 1.00. The molecule has 2 aliphatic heterocycles. The van der Waals surface area contributed by atoms with Crippen molar-refractivity contribution in [1.82, 2.24) is 10.2 Å². The molecule has 2 heterocycles. The second kappa shape index (κ2) is 6.17. The summed E-state index contributed by atoms with van der Waals surface area (Å²) in [6.45, 7) is 10.2. The predicted octanol–water partition coefficient (Wildman–Crippen LogP) is 2.02. The molecule has 0 aromatic heterocycles. The Bertz CT molecular complexity index is 234. The first-order valence-corrected chi connectivity index (χ1v) is 7.32. The van der Waals surface area contributed by atoms with E-state index in [0.717, 1.165) is 19.1 Å². The van der Waals surface area contributed by atoms with Crippen molar-refractivity contribution in [1.29, 1.82) is 0 Å². The quantitative estimate of drug-likeness (QED) is 0.813. The number of hydrogen-bond acceptors (Lipinski definition) is 3. The van der Waals surface area contributed by atoms with Gasteiger partial charge in [0.2, 0.25) is 0 Å². The van der Waals surface area contributed by atoms with Gasteiger partial charge in [-0.1, -0.05) is 13.3 Å². The Morgan fingerprint density at radius 1 is 1.29 bits per heavy atom. The molecule has 2 rings (SSSR count). The number of nitrogens with zero attached hydrogens (tertiary/aromatic N) is 1. The van der Waals surface area contributed by atoms with E-state index in [1.165, 1.54) is 32.2 Å². The minimum absolute atomic E-state index is 0.477. The lowest BCUT2D eigenvalue weighted by molar-refractivity contribution is 0.0103. The number of hydrogen-bond donors (Lipinski definition) is 1. The van der Waals surface area contributed by atoms with Gasteiger partial charge in [0.1, 0.15) is 0 Å². The summed E-state index contributed by atoms with van der Waals surface area (Å²) in [5.41, 5.74) is 0. The van der Waals surface area contributed by atoms with E-state index in [2.05, 4.69) is 31.0 Å². The second-order valence-corrected chi connectivity index (χ2v) is 5.85. The SMILES string of the molecule is CCCC1CNC(C)CN1CC1CCC(C)O1. The number of ether oxygens (including phenoxy) is 1. The van der Waals surface area contributed by atoms with Crippen LogP contribution in [0.4, 0.5) is 0 Å². The third kappa shape index (κ3) is 3.67. The third-order valence-electron chi connectivity index (χ3n) is 4.11. The molecule has 0 aromatic carbocycles. The van der Waals surface area contributed by atoms with Crippen LogP contribution in [0.3, 0.4) is 0 Å². The van der Waals surface area contributed by atoms with Crippen molar-refractivity contribution in [2.45, 2.75) is 70.7 Å². The summed E-state index contributed by atoms with van der Waals surface area (Å²) in [6.07, 6.45) is 6.03. The number of rotatable bonds is 4. The van der Waals surface area contributed by atoms with Crippen molar-refractivity contribution in [3.8, 4) is 0 Å². The summed E-state index contributed by atoms with van der Waals surface area (Å²) >= 11 is 0. The Morgan fingerprint density at radius 2 is 2.12 bits per heavy atom. The van der Waals surface area contributed by atoms with Gasteiger partial charge in [0.25, 0.3) is 0 Å². The van der Waals surface area contributed by atoms with Gasteiger partial charge in [-0.3, -0.25) is 4.90 Å². The van der Waals surface area contributed by atoms with E-state index in [1.807, 2.05) is 0 Å². The lowest BCUT2D eigenvalue weighted by Gasteiger charge is -2.40. The van der Waals surface area contributed by atoms with Crippen LogP contribution in [0.25, 0.3) is 0 Å². The molecule has 4 unspecified atom stereocenters. The van der Waals surface area contributed by atoms with E-state index in [0.29, 0.717) is 18.2 Å². The average molecular weight is 240 g/mol. The van der Waals surface area contributed by atoms with Crippen molar-refractivity contribution < 1.29 is 4.74 Å². The highest BCUT2D eigenvalue weighted by molar-refractivity contribution is 4.86. The molecule has 0 saturated carbocycles. The van der Waals surface area contributed by atoms with E-state index in [4.69, 9.17) is 4.74 Å². The van der Waals surface area contributed by atoms with Gasteiger partial charge in [-0.2, -0.15) is 0 Å². The maximum atomic E-state index is 5.96. The third-order valence-corrected chi connectivity index (χ3v) is 4.11. The van der Waals surface area contributed by atoms with Crippen LogP contribution in [-0.2, 0) is 4.74 Å². The van der Waals surface area contributed by atoms with Crippen molar-refractivity contribution in [2.24, 2.45) is 0 Å². The second-order valence-electron chi connectivity index (χ2n) is 5.85. The molecule has 0 amide bonds. The lowest BCUT2D eigenvalue weighted by Crippen LogP contribution is -2.56. The van der Waals surface area contributed by atoms with Crippen LogP contribution in [-0.4, -0.2) is 48.8 Å². The monoisotopic (exact) mass is 240 g/mol. The molecule has 0 bridgehead atoms. The fourth-order valence-corrected chi connectivity index (χ4v) is 3.15. The molecule has 100 valence electrons. The molecule has 2 aliphatic rings.